The molecule has 0 fully saturated rings. The van der Waals surface area contributed by atoms with Crippen LogP contribution in [0.5, 0.6) is 0 Å². The fourth-order valence-corrected chi connectivity index (χ4v) is 6.92. The quantitative estimate of drug-likeness (QED) is 0.347. The molecule has 0 bridgehead atoms. The molecule has 30 heavy (non-hydrogen) atoms. The van der Waals surface area contributed by atoms with Gasteiger partial charge in [-0.2, -0.15) is 5.10 Å². The van der Waals surface area contributed by atoms with Crippen LogP contribution in [0.1, 0.15) is 16.7 Å². The predicted molar refractivity (Wildman–Crippen MR) is 127 cm³/mol. The number of hydrazone groups is 1. The summed E-state index contributed by atoms with van der Waals surface area (Å²) in [5, 5.41) is 8.46. The van der Waals surface area contributed by atoms with Gasteiger partial charge >= 0.3 is 0 Å². The smallest absolute Gasteiger partial charge is 0.167 e. The van der Waals surface area contributed by atoms with Gasteiger partial charge in [-0.25, -0.2) is 5.01 Å². The van der Waals surface area contributed by atoms with E-state index in [0.717, 1.165) is 16.3 Å². The zero-order valence-electron chi connectivity index (χ0n) is 16.1. The molecule has 4 heteroatoms. The molecule has 0 unspecified atom stereocenters. The molecule has 144 valence electrons. The van der Waals surface area contributed by atoms with E-state index in [9.17, 15) is 0 Å². The monoisotopic (exact) mass is 422 g/mol. The molecule has 2 aliphatic rings. The molecule has 4 aromatic carbocycles. The molecule has 4 aromatic rings. The van der Waals surface area contributed by atoms with Crippen molar-refractivity contribution in [3.63, 3.8) is 0 Å². The van der Waals surface area contributed by atoms with E-state index >= 15 is 0 Å². The topological polar surface area (TPSA) is 15.6 Å². The molecular formula is C26H18N2S2. The third-order valence-corrected chi connectivity index (χ3v) is 8.05. The zero-order chi connectivity index (χ0) is 20.0. The molecule has 0 atom stereocenters. The molecule has 0 radical (unpaired) electrons. The Balaban J connectivity index is 1.64. The van der Waals surface area contributed by atoms with Crippen molar-refractivity contribution in [2.75, 3.05) is 5.01 Å². The standard InChI is InChI=1S/C26H18N2S2/c1-3-11-19(12-4-1)25-27-28(20-13-5-2-6-14-20)26(30-25)21-15-7-9-17-23(21)29-24-18-10-8-16-22(24)26/h1-18H. The number of anilines is 1. The average molecular weight is 423 g/mol. The van der Waals surface area contributed by atoms with E-state index in [1.54, 1.807) is 0 Å². The number of benzene rings is 4. The highest BCUT2D eigenvalue weighted by atomic mass is 32.2. The van der Waals surface area contributed by atoms with Gasteiger partial charge in [-0.1, -0.05) is 108 Å². The maximum absolute atomic E-state index is 5.21. The van der Waals surface area contributed by atoms with Crippen molar-refractivity contribution >= 4 is 34.3 Å². The van der Waals surface area contributed by atoms with E-state index in [1.807, 2.05) is 23.5 Å². The molecule has 6 rings (SSSR count). The lowest BCUT2D eigenvalue weighted by atomic mass is 9.95. The van der Waals surface area contributed by atoms with Crippen LogP contribution < -0.4 is 5.01 Å². The Morgan fingerprint density at radius 2 is 1.13 bits per heavy atom. The fraction of sp³-hybridized carbons (Fsp3) is 0.0385. The maximum atomic E-state index is 5.21. The van der Waals surface area contributed by atoms with Gasteiger partial charge in [0.05, 0.1) is 5.69 Å². The molecule has 2 heterocycles. The molecule has 0 N–H and O–H groups in total. The van der Waals surface area contributed by atoms with Gasteiger partial charge in [0.25, 0.3) is 0 Å². The van der Waals surface area contributed by atoms with Crippen molar-refractivity contribution in [1.82, 2.24) is 0 Å². The first-order chi connectivity index (χ1) is 14.9. The van der Waals surface area contributed by atoms with E-state index in [2.05, 4.69) is 114 Å². The Morgan fingerprint density at radius 3 is 1.77 bits per heavy atom. The Hall–Kier alpha value is -2.95. The van der Waals surface area contributed by atoms with Crippen LogP contribution in [0.15, 0.2) is 124 Å². The number of fused-ring (bicyclic) bond motifs is 4. The van der Waals surface area contributed by atoms with Crippen molar-refractivity contribution in [3.05, 3.63) is 126 Å². The summed E-state index contributed by atoms with van der Waals surface area (Å²) < 4.78 is 0. The average Bonchev–Trinajstić information content (AvgIpc) is 3.22. The fourth-order valence-electron chi connectivity index (χ4n) is 4.14. The second-order valence-corrected chi connectivity index (χ2v) is 9.52. The van der Waals surface area contributed by atoms with Gasteiger partial charge in [-0.05, 0) is 24.3 Å². The summed E-state index contributed by atoms with van der Waals surface area (Å²) in [6.45, 7) is 0. The molecule has 2 nitrogen and oxygen atoms in total. The van der Waals surface area contributed by atoms with E-state index in [4.69, 9.17) is 5.10 Å². The lowest BCUT2D eigenvalue weighted by Crippen LogP contribution is -2.40. The maximum Gasteiger partial charge on any atom is 0.167 e. The van der Waals surface area contributed by atoms with Crippen molar-refractivity contribution in [1.29, 1.82) is 0 Å². The second-order valence-electron chi connectivity index (χ2n) is 7.26. The minimum absolute atomic E-state index is 0.440. The second kappa shape index (κ2) is 7.08. The molecule has 0 aromatic heterocycles. The van der Waals surface area contributed by atoms with Crippen LogP contribution in [0, 0.1) is 0 Å². The van der Waals surface area contributed by atoms with Crippen molar-refractivity contribution < 1.29 is 0 Å². The molecule has 2 aliphatic heterocycles. The van der Waals surface area contributed by atoms with Crippen LogP contribution in [-0.2, 0) is 4.87 Å². The van der Waals surface area contributed by atoms with Gasteiger partial charge < -0.3 is 0 Å². The minimum Gasteiger partial charge on any atom is -0.239 e. The molecule has 1 spiro atoms. The SMILES string of the molecule is c1ccc(C2=NN(c3ccccc3)C3(S2)c2ccccc2Sc2ccccc23)cc1. The lowest BCUT2D eigenvalue weighted by molar-refractivity contribution is 0.663. The van der Waals surface area contributed by atoms with Crippen LogP contribution >= 0.6 is 23.5 Å². The van der Waals surface area contributed by atoms with Crippen molar-refractivity contribution in [2.45, 2.75) is 14.7 Å². The summed E-state index contributed by atoms with van der Waals surface area (Å²) in [6.07, 6.45) is 0. The van der Waals surface area contributed by atoms with Gasteiger partial charge in [0.2, 0.25) is 0 Å². The summed E-state index contributed by atoms with van der Waals surface area (Å²) in [4.78, 5) is 2.13. The van der Waals surface area contributed by atoms with Crippen LogP contribution in [0.4, 0.5) is 5.69 Å². The number of para-hydroxylation sites is 1. The minimum atomic E-state index is -0.440. The van der Waals surface area contributed by atoms with Gasteiger partial charge in [0, 0.05) is 26.5 Å². The normalized spacial score (nSPS) is 16.1. The summed E-state index contributed by atoms with van der Waals surface area (Å²) >= 11 is 3.68. The first-order valence-corrected chi connectivity index (χ1v) is 11.5. The number of thioether (sulfide) groups is 1. The Labute approximate surface area is 184 Å². The van der Waals surface area contributed by atoms with Crippen LogP contribution in [0.25, 0.3) is 0 Å². The molecule has 0 saturated carbocycles. The number of nitrogens with zero attached hydrogens (tertiary/aromatic N) is 2. The number of hydrogen-bond acceptors (Lipinski definition) is 4. The molecular weight excluding hydrogens is 404 g/mol. The van der Waals surface area contributed by atoms with Crippen molar-refractivity contribution in [3.8, 4) is 0 Å². The molecule has 0 amide bonds. The highest BCUT2D eigenvalue weighted by Crippen LogP contribution is 2.60. The van der Waals surface area contributed by atoms with Gasteiger partial charge in [-0.15, -0.1) is 0 Å². The summed E-state index contributed by atoms with van der Waals surface area (Å²) in [5.74, 6) is 0. The molecule has 0 aliphatic carbocycles. The number of rotatable bonds is 2. The highest BCUT2D eigenvalue weighted by Gasteiger charge is 2.52. The predicted octanol–water partition coefficient (Wildman–Crippen LogP) is 6.97. The van der Waals surface area contributed by atoms with E-state index in [-0.39, 0.29) is 0 Å². The van der Waals surface area contributed by atoms with Crippen LogP contribution in [0.2, 0.25) is 0 Å². The van der Waals surface area contributed by atoms with Crippen molar-refractivity contribution in [2.24, 2.45) is 5.10 Å². The molecule has 0 saturated heterocycles. The van der Waals surface area contributed by atoms with Crippen LogP contribution in [-0.4, -0.2) is 5.04 Å². The first kappa shape index (κ1) is 17.9. The summed E-state index contributed by atoms with van der Waals surface area (Å²) in [7, 11) is 0. The first-order valence-electron chi connectivity index (χ1n) is 9.91. The van der Waals surface area contributed by atoms with Gasteiger partial charge in [0.15, 0.2) is 4.87 Å². The van der Waals surface area contributed by atoms with Gasteiger partial charge in [-0.3, -0.25) is 0 Å². The van der Waals surface area contributed by atoms with Crippen LogP contribution in [0.3, 0.4) is 0 Å². The zero-order valence-corrected chi connectivity index (χ0v) is 17.7. The summed E-state index contributed by atoms with van der Waals surface area (Å²) in [5.41, 5.74) is 4.82. The third kappa shape index (κ3) is 2.64. The summed E-state index contributed by atoms with van der Waals surface area (Å²) in [6, 6.07) is 38.5. The highest BCUT2D eigenvalue weighted by molar-refractivity contribution is 8.15. The number of hydrogen-bond donors (Lipinski definition) is 0. The van der Waals surface area contributed by atoms with E-state index in [1.165, 1.54) is 20.9 Å². The Bertz CT molecular complexity index is 1210. The van der Waals surface area contributed by atoms with E-state index in [0.29, 0.717) is 0 Å². The largest absolute Gasteiger partial charge is 0.239 e. The van der Waals surface area contributed by atoms with Gasteiger partial charge in [0.1, 0.15) is 5.04 Å². The Kier molecular flexibility index (Phi) is 4.22. The Morgan fingerprint density at radius 1 is 0.600 bits per heavy atom. The third-order valence-electron chi connectivity index (χ3n) is 5.48. The van der Waals surface area contributed by atoms with E-state index < -0.39 is 4.87 Å². The lowest BCUT2D eigenvalue weighted by Gasteiger charge is -2.42.